The monoisotopic (exact) mass is 319 g/mol. The van der Waals surface area contributed by atoms with Gasteiger partial charge in [-0.25, -0.2) is 0 Å². The van der Waals surface area contributed by atoms with E-state index in [1.807, 2.05) is 0 Å². The van der Waals surface area contributed by atoms with Crippen LogP contribution in [0.25, 0.3) is 0 Å². The lowest BCUT2D eigenvalue weighted by Crippen LogP contribution is -2.22. The third-order valence-corrected chi connectivity index (χ3v) is 5.48. The molecule has 0 aromatic heterocycles. The van der Waals surface area contributed by atoms with Crippen molar-refractivity contribution in [1.82, 2.24) is 0 Å². The first-order valence-corrected chi connectivity index (χ1v) is 8.63. The molecule has 2 rings (SSSR count). The number of benzene rings is 1. The molecule has 2 nitrogen and oxygen atoms in total. The molecule has 0 amide bonds. The first kappa shape index (κ1) is 16.5. The molecule has 1 aliphatic carbocycles. The standard InChI is InChI=1S/C15H20F3NOS/c16-15(17,18)13-7-3-6-12(8-13)14(19)10-21(20)9-11-4-1-2-5-11/h3,6-8,11,14H,1-2,4-5,9-10,19H2. The highest BCUT2D eigenvalue weighted by atomic mass is 32.2. The van der Waals surface area contributed by atoms with E-state index in [0.29, 0.717) is 17.2 Å². The van der Waals surface area contributed by atoms with Gasteiger partial charge in [0.05, 0.1) is 5.56 Å². The van der Waals surface area contributed by atoms with E-state index in [1.54, 1.807) is 6.07 Å². The summed E-state index contributed by atoms with van der Waals surface area (Å²) in [6, 6.07) is 4.36. The average molecular weight is 319 g/mol. The first-order chi connectivity index (χ1) is 9.86. The number of hydrogen-bond acceptors (Lipinski definition) is 2. The molecule has 1 aromatic carbocycles. The van der Waals surface area contributed by atoms with Gasteiger partial charge in [-0.3, -0.25) is 4.21 Å². The van der Waals surface area contributed by atoms with Gasteiger partial charge in [-0.15, -0.1) is 0 Å². The van der Waals surface area contributed by atoms with Crippen LogP contribution in [0.1, 0.15) is 42.9 Å². The number of halogens is 3. The van der Waals surface area contributed by atoms with Crippen LogP contribution in [0.5, 0.6) is 0 Å². The van der Waals surface area contributed by atoms with Crippen LogP contribution in [-0.2, 0) is 17.0 Å². The number of hydrogen-bond donors (Lipinski definition) is 1. The molecule has 1 aliphatic rings. The molecular formula is C15H20F3NOS. The summed E-state index contributed by atoms with van der Waals surface area (Å²) in [5.74, 6) is 1.32. The van der Waals surface area contributed by atoms with Crippen LogP contribution in [0.3, 0.4) is 0 Å². The Kier molecular flexibility index (Phi) is 5.43. The summed E-state index contributed by atoms with van der Waals surface area (Å²) in [6.07, 6.45) is 0.191. The summed E-state index contributed by atoms with van der Waals surface area (Å²) < 4.78 is 50.1. The molecular weight excluding hydrogens is 299 g/mol. The third-order valence-electron chi connectivity index (χ3n) is 3.90. The van der Waals surface area contributed by atoms with E-state index in [4.69, 9.17) is 5.73 Å². The van der Waals surface area contributed by atoms with Gasteiger partial charge < -0.3 is 5.73 Å². The van der Waals surface area contributed by atoms with Crippen LogP contribution in [-0.4, -0.2) is 15.7 Å². The maximum Gasteiger partial charge on any atom is 0.416 e. The van der Waals surface area contributed by atoms with E-state index >= 15 is 0 Å². The summed E-state index contributed by atoms with van der Waals surface area (Å²) in [4.78, 5) is 0. The number of rotatable bonds is 5. The van der Waals surface area contributed by atoms with E-state index < -0.39 is 28.6 Å². The molecule has 0 spiro atoms. The summed E-state index contributed by atoms with van der Waals surface area (Å²) in [5, 5.41) is 0. The van der Waals surface area contributed by atoms with Gasteiger partial charge in [0.2, 0.25) is 0 Å². The average Bonchev–Trinajstić information content (AvgIpc) is 2.90. The van der Waals surface area contributed by atoms with E-state index in [9.17, 15) is 17.4 Å². The summed E-state index contributed by atoms with van der Waals surface area (Å²) in [5.41, 5.74) is 5.60. The Morgan fingerprint density at radius 1 is 1.29 bits per heavy atom. The highest BCUT2D eigenvalue weighted by Crippen LogP contribution is 2.31. The molecule has 118 valence electrons. The van der Waals surface area contributed by atoms with Gasteiger partial charge in [0, 0.05) is 28.3 Å². The van der Waals surface area contributed by atoms with Gasteiger partial charge in [-0.05, 0) is 36.5 Å². The summed E-state index contributed by atoms with van der Waals surface area (Å²) in [7, 11) is -1.07. The van der Waals surface area contributed by atoms with Gasteiger partial charge in [0.1, 0.15) is 0 Å². The zero-order valence-electron chi connectivity index (χ0n) is 11.7. The van der Waals surface area contributed by atoms with Crippen molar-refractivity contribution in [2.45, 2.75) is 37.9 Å². The van der Waals surface area contributed by atoms with Crippen molar-refractivity contribution >= 4 is 10.8 Å². The Morgan fingerprint density at radius 2 is 1.95 bits per heavy atom. The SMILES string of the molecule is NC(CS(=O)CC1CCCC1)c1cccc(C(F)(F)F)c1. The highest BCUT2D eigenvalue weighted by molar-refractivity contribution is 7.85. The summed E-state index contributed by atoms with van der Waals surface area (Å²) in [6.45, 7) is 0. The van der Waals surface area contributed by atoms with E-state index in [-0.39, 0.29) is 5.75 Å². The fraction of sp³-hybridized carbons (Fsp3) is 0.600. The Balaban J connectivity index is 1.96. The number of nitrogens with two attached hydrogens (primary N) is 1. The molecule has 1 fully saturated rings. The van der Waals surface area contributed by atoms with Crippen LogP contribution in [0.2, 0.25) is 0 Å². The van der Waals surface area contributed by atoms with Gasteiger partial charge in [-0.1, -0.05) is 25.0 Å². The Labute approximate surface area is 125 Å². The fourth-order valence-corrected chi connectivity index (χ4v) is 4.34. The Bertz CT molecular complexity index is 498. The summed E-state index contributed by atoms with van der Waals surface area (Å²) >= 11 is 0. The van der Waals surface area contributed by atoms with Crippen LogP contribution < -0.4 is 5.73 Å². The molecule has 0 bridgehead atoms. The van der Waals surface area contributed by atoms with Gasteiger partial charge >= 0.3 is 6.18 Å². The normalized spacial score (nSPS) is 19.6. The van der Waals surface area contributed by atoms with Crippen molar-refractivity contribution in [3.8, 4) is 0 Å². The molecule has 0 heterocycles. The third kappa shape index (κ3) is 4.81. The maximum atomic E-state index is 12.7. The van der Waals surface area contributed by atoms with Crippen molar-refractivity contribution in [3.05, 3.63) is 35.4 Å². The molecule has 0 saturated heterocycles. The van der Waals surface area contributed by atoms with Gasteiger partial charge in [0.15, 0.2) is 0 Å². The minimum atomic E-state index is -4.38. The van der Waals surface area contributed by atoms with E-state index in [0.717, 1.165) is 25.0 Å². The lowest BCUT2D eigenvalue weighted by atomic mass is 10.1. The van der Waals surface area contributed by atoms with Crippen molar-refractivity contribution in [2.24, 2.45) is 11.7 Å². The largest absolute Gasteiger partial charge is 0.416 e. The molecule has 2 N–H and O–H groups in total. The quantitative estimate of drug-likeness (QED) is 0.900. The molecule has 21 heavy (non-hydrogen) atoms. The minimum absolute atomic E-state index is 0.220. The van der Waals surface area contributed by atoms with Crippen LogP contribution in [0, 0.1) is 5.92 Å². The highest BCUT2D eigenvalue weighted by Gasteiger charge is 2.31. The fourth-order valence-electron chi connectivity index (χ4n) is 2.75. The lowest BCUT2D eigenvalue weighted by Gasteiger charge is -2.15. The number of alkyl halides is 3. The van der Waals surface area contributed by atoms with E-state index in [1.165, 1.54) is 18.9 Å². The molecule has 2 atom stereocenters. The van der Waals surface area contributed by atoms with Crippen molar-refractivity contribution < 1.29 is 17.4 Å². The second-order valence-electron chi connectivity index (χ2n) is 5.65. The maximum absolute atomic E-state index is 12.7. The van der Waals surface area contributed by atoms with Gasteiger partial charge in [-0.2, -0.15) is 13.2 Å². The van der Waals surface area contributed by atoms with Crippen LogP contribution >= 0.6 is 0 Å². The van der Waals surface area contributed by atoms with Gasteiger partial charge in [0.25, 0.3) is 0 Å². The van der Waals surface area contributed by atoms with Crippen LogP contribution in [0.15, 0.2) is 24.3 Å². The first-order valence-electron chi connectivity index (χ1n) is 7.14. The second kappa shape index (κ2) is 6.92. The van der Waals surface area contributed by atoms with Crippen molar-refractivity contribution in [1.29, 1.82) is 0 Å². The molecule has 2 unspecified atom stereocenters. The van der Waals surface area contributed by atoms with Crippen molar-refractivity contribution in [3.63, 3.8) is 0 Å². The molecule has 1 saturated carbocycles. The zero-order chi connectivity index (χ0) is 15.5. The molecule has 6 heteroatoms. The lowest BCUT2D eigenvalue weighted by molar-refractivity contribution is -0.137. The minimum Gasteiger partial charge on any atom is -0.323 e. The molecule has 1 aromatic rings. The van der Waals surface area contributed by atoms with Crippen LogP contribution in [0.4, 0.5) is 13.2 Å². The molecule has 0 radical (unpaired) electrons. The zero-order valence-corrected chi connectivity index (χ0v) is 12.6. The smallest absolute Gasteiger partial charge is 0.323 e. The Morgan fingerprint density at radius 3 is 2.57 bits per heavy atom. The van der Waals surface area contributed by atoms with Crippen molar-refractivity contribution in [2.75, 3.05) is 11.5 Å². The predicted octanol–water partition coefficient (Wildman–Crippen LogP) is 3.64. The molecule has 0 aliphatic heterocycles. The topological polar surface area (TPSA) is 43.1 Å². The Hall–Kier alpha value is -0.880. The second-order valence-corrected chi connectivity index (χ2v) is 7.20. The predicted molar refractivity (Wildman–Crippen MR) is 78.2 cm³/mol. The van der Waals surface area contributed by atoms with E-state index in [2.05, 4.69) is 0 Å².